The van der Waals surface area contributed by atoms with Gasteiger partial charge in [0.2, 0.25) is 0 Å². The van der Waals surface area contributed by atoms with Crippen LogP contribution in [0.2, 0.25) is 0 Å². The summed E-state index contributed by atoms with van der Waals surface area (Å²) in [6.45, 7) is 0.758. The highest BCUT2D eigenvalue weighted by atomic mass is 35.5. The Morgan fingerprint density at radius 1 is 1.20 bits per heavy atom. The van der Waals surface area contributed by atoms with Crippen molar-refractivity contribution in [2.45, 2.75) is 18.6 Å². The number of aliphatic hydroxyl groups excluding tert-OH is 4. The normalized spacial score (nSPS) is 12.3. The third-order valence-electron chi connectivity index (χ3n) is 0.421. The molecule has 1 atom stereocenters. The summed E-state index contributed by atoms with van der Waals surface area (Å²) in [5.74, 6) is 0. The smallest absolute Gasteiger partial charge is 0.125 e. The minimum absolute atomic E-state index is 0.365. The van der Waals surface area contributed by atoms with Crippen LogP contribution < -0.4 is 0 Å². The van der Waals surface area contributed by atoms with Gasteiger partial charge in [0, 0.05) is 0 Å². The van der Waals surface area contributed by atoms with E-state index in [4.69, 9.17) is 32.0 Å². The Bertz CT molecular complexity index is 52.9. The zero-order valence-electron chi connectivity index (χ0n) is 5.74. The van der Waals surface area contributed by atoms with Crippen molar-refractivity contribution in [3.8, 4) is 0 Å². The van der Waals surface area contributed by atoms with Crippen molar-refractivity contribution in [3.63, 3.8) is 0 Å². The van der Waals surface area contributed by atoms with Crippen molar-refractivity contribution in [2.75, 3.05) is 13.2 Å². The number of rotatable bonds is 2. The van der Waals surface area contributed by atoms with Crippen LogP contribution in [-0.4, -0.2) is 45.3 Å². The molecular formula is C5H13ClO4. The summed E-state index contributed by atoms with van der Waals surface area (Å²) in [7, 11) is 0. The molecule has 0 fully saturated rings. The topological polar surface area (TPSA) is 80.9 Å². The summed E-state index contributed by atoms with van der Waals surface area (Å²) in [5, 5.41) is 31.8. The number of halogens is 1. The first-order valence-corrected chi connectivity index (χ1v) is 3.20. The quantitative estimate of drug-likeness (QED) is 0.399. The summed E-state index contributed by atoms with van der Waals surface area (Å²) >= 11 is 4.83. The number of hydrogen-bond donors (Lipinski definition) is 4. The molecule has 0 amide bonds. The molecular weight excluding hydrogens is 160 g/mol. The first-order chi connectivity index (χ1) is 4.54. The van der Waals surface area contributed by atoms with E-state index in [9.17, 15) is 0 Å². The van der Waals surface area contributed by atoms with Gasteiger partial charge in [-0.1, -0.05) is 11.6 Å². The first-order valence-electron chi connectivity index (χ1n) is 2.76. The average molecular weight is 173 g/mol. The highest BCUT2D eigenvalue weighted by molar-refractivity contribution is 6.19. The lowest BCUT2D eigenvalue weighted by Gasteiger charge is -1.96. The Morgan fingerprint density at radius 3 is 1.40 bits per heavy atom. The molecule has 0 saturated heterocycles. The molecule has 0 aliphatic rings. The minimum Gasteiger partial charge on any atom is -0.394 e. The number of aliphatic hydroxyl groups is 4. The molecule has 0 spiro atoms. The third kappa shape index (κ3) is 24.2. The van der Waals surface area contributed by atoms with Gasteiger partial charge >= 0.3 is 0 Å². The van der Waals surface area contributed by atoms with E-state index in [-0.39, 0.29) is 13.2 Å². The standard InChI is InChI=1S/C3H8O3.C2H5ClO/c4-1-3(6)2-5;1-2(3)4/h3-6H,1-2H2;2,4H,1H3. The molecule has 10 heavy (non-hydrogen) atoms. The van der Waals surface area contributed by atoms with Crippen LogP contribution in [0.25, 0.3) is 0 Å². The summed E-state index contributed by atoms with van der Waals surface area (Å²) in [6.07, 6.45) is -0.954. The fourth-order valence-corrected chi connectivity index (χ4v) is 0.0577. The first kappa shape index (κ1) is 12.8. The Hall–Kier alpha value is 0.130. The average Bonchev–Trinajstić information content (AvgIpc) is 1.85. The molecule has 0 rings (SSSR count). The molecule has 0 aromatic rings. The maximum Gasteiger partial charge on any atom is 0.125 e. The third-order valence-corrected chi connectivity index (χ3v) is 0.421. The van der Waals surface area contributed by atoms with E-state index < -0.39 is 11.7 Å². The fourth-order valence-electron chi connectivity index (χ4n) is 0.0577. The van der Waals surface area contributed by atoms with Crippen LogP contribution in [-0.2, 0) is 0 Å². The Morgan fingerprint density at radius 2 is 1.40 bits per heavy atom. The van der Waals surface area contributed by atoms with Crippen molar-refractivity contribution in [1.29, 1.82) is 0 Å². The van der Waals surface area contributed by atoms with Gasteiger partial charge in [-0.3, -0.25) is 0 Å². The van der Waals surface area contributed by atoms with E-state index in [1.165, 1.54) is 6.92 Å². The lowest BCUT2D eigenvalue weighted by molar-refractivity contribution is 0.0450. The Labute approximate surface area is 64.7 Å². The number of hydrogen-bond acceptors (Lipinski definition) is 4. The van der Waals surface area contributed by atoms with Gasteiger partial charge in [0.25, 0.3) is 0 Å². The Kier molecular flexibility index (Phi) is 11.7. The van der Waals surface area contributed by atoms with Gasteiger partial charge in [-0.15, -0.1) is 0 Å². The van der Waals surface area contributed by atoms with Crippen LogP contribution >= 0.6 is 11.6 Å². The van der Waals surface area contributed by atoms with Crippen LogP contribution in [0.3, 0.4) is 0 Å². The SMILES string of the molecule is CC(O)Cl.OCC(O)CO. The van der Waals surface area contributed by atoms with Crippen LogP contribution in [0, 0.1) is 0 Å². The second kappa shape index (κ2) is 9.13. The minimum atomic E-state index is -0.954. The maximum absolute atomic E-state index is 8.17. The van der Waals surface area contributed by atoms with Crippen molar-refractivity contribution in [3.05, 3.63) is 0 Å². The van der Waals surface area contributed by atoms with Crippen LogP contribution in [0.4, 0.5) is 0 Å². The molecule has 0 aliphatic heterocycles. The van der Waals surface area contributed by atoms with Crippen molar-refractivity contribution in [2.24, 2.45) is 0 Å². The molecule has 0 aromatic carbocycles. The molecule has 0 aromatic heterocycles. The van der Waals surface area contributed by atoms with Crippen LogP contribution in [0.1, 0.15) is 6.92 Å². The molecule has 0 aliphatic carbocycles. The maximum atomic E-state index is 8.17. The second-order valence-electron chi connectivity index (χ2n) is 1.59. The van der Waals surface area contributed by atoms with Crippen LogP contribution in [0.5, 0.6) is 0 Å². The molecule has 4 N–H and O–H groups in total. The molecule has 64 valence electrons. The van der Waals surface area contributed by atoms with Crippen molar-refractivity contribution in [1.82, 2.24) is 0 Å². The van der Waals surface area contributed by atoms with Gasteiger partial charge in [-0.25, -0.2) is 0 Å². The van der Waals surface area contributed by atoms with Gasteiger partial charge in [-0.2, -0.15) is 0 Å². The molecule has 0 radical (unpaired) electrons. The fraction of sp³-hybridized carbons (Fsp3) is 1.00. The predicted octanol–water partition coefficient (Wildman–Crippen LogP) is -1.10. The van der Waals surface area contributed by atoms with E-state index in [1.807, 2.05) is 0 Å². The molecule has 1 unspecified atom stereocenters. The summed E-state index contributed by atoms with van der Waals surface area (Å²) in [6, 6.07) is 0. The second-order valence-corrected chi connectivity index (χ2v) is 2.22. The summed E-state index contributed by atoms with van der Waals surface area (Å²) < 4.78 is 0. The number of alkyl halides is 1. The van der Waals surface area contributed by atoms with Gasteiger partial charge in [0.05, 0.1) is 13.2 Å². The monoisotopic (exact) mass is 172 g/mol. The van der Waals surface area contributed by atoms with E-state index in [2.05, 4.69) is 0 Å². The zero-order valence-corrected chi connectivity index (χ0v) is 6.49. The molecule has 0 bridgehead atoms. The largest absolute Gasteiger partial charge is 0.394 e. The van der Waals surface area contributed by atoms with E-state index >= 15 is 0 Å². The summed E-state index contributed by atoms with van der Waals surface area (Å²) in [5.41, 5.74) is -0.694. The van der Waals surface area contributed by atoms with Crippen LogP contribution in [0.15, 0.2) is 0 Å². The van der Waals surface area contributed by atoms with Crippen molar-refractivity contribution < 1.29 is 20.4 Å². The van der Waals surface area contributed by atoms with Gasteiger partial charge in [0.15, 0.2) is 0 Å². The van der Waals surface area contributed by atoms with Crippen molar-refractivity contribution >= 4 is 11.6 Å². The lowest BCUT2D eigenvalue weighted by Crippen LogP contribution is -2.15. The van der Waals surface area contributed by atoms with E-state index in [0.717, 1.165) is 0 Å². The highest BCUT2D eigenvalue weighted by Gasteiger charge is 1.93. The van der Waals surface area contributed by atoms with Gasteiger partial charge < -0.3 is 20.4 Å². The predicted molar refractivity (Wildman–Crippen MR) is 37.7 cm³/mol. The lowest BCUT2D eigenvalue weighted by atomic mass is 10.4. The Balaban J connectivity index is 0. The van der Waals surface area contributed by atoms with E-state index in [0.29, 0.717) is 0 Å². The van der Waals surface area contributed by atoms with E-state index in [1.54, 1.807) is 0 Å². The highest BCUT2D eigenvalue weighted by Crippen LogP contribution is 1.79. The molecule has 4 nitrogen and oxygen atoms in total. The zero-order chi connectivity index (χ0) is 8.57. The summed E-state index contributed by atoms with van der Waals surface area (Å²) in [4.78, 5) is 0. The molecule has 5 heteroatoms. The van der Waals surface area contributed by atoms with Gasteiger partial charge in [-0.05, 0) is 6.92 Å². The molecule has 0 heterocycles. The molecule has 0 saturated carbocycles. The van der Waals surface area contributed by atoms with Gasteiger partial charge in [0.1, 0.15) is 11.7 Å².